The molecule has 0 bridgehead atoms. The van der Waals surface area contributed by atoms with Crippen molar-refractivity contribution in [3.8, 4) is 0 Å². The minimum Gasteiger partial charge on any atom is -0.340 e. The molecule has 1 saturated carbocycles. The van der Waals surface area contributed by atoms with Crippen molar-refractivity contribution in [2.45, 2.75) is 64.2 Å². The van der Waals surface area contributed by atoms with E-state index in [0.29, 0.717) is 12.1 Å². The van der Waals surface area contributed by atoms with E-state index >= 15 is 0 Å². The highest BCUT2D eigenvalue weighted by molar-refractivity contribution is 6.00. The third kappa shape index (κ3) is 2.37. The molecule has 1 fully saturated rings. The Bertz CT molecular complexity index is 838. The number of guanidine groups is 1. The summed E-state index contributed by atoms with van der Waals surface area (Å²) >= 11 is 0. The molecule has 0 amide bonds. The maximum Gasteiger partial charge on any atom is 0.203 e. The first-order valence-corrected chi connectivity index (χ1v) is 9.96. The number of hydrogen-bond donors (Lipinski definition) is 0. The molecule has 0 unspecified atom stereocenters. The fourth-order valence-corrected chi connectivity index (χ4v) is 4.83. The second kappa shape index (κ2) is 6.15. The number of anilines is 1. The van der Waals surface area contributed by atoms with Crippen molar-refractivity contribution in [1.29, 1.82) is 0 Å². The van der Waals surface area contributed by atoms with Crippen molar-refractivity contribution in [1.82, 2.24) is 14.5 Å². The standard InChI is InChI=1S/C21H27N5/c1-3-19-23-20-18(25(19)13-15-9-5-4-6-10-15)14-24(2)21-22-16-11-7-8-12-17(16)26(20)21/h4-6,9-10,16-17H,3,7-8,11-14H2,1-2H3/t16-,17+/m1/s1. The Morgan fingerprint density at radius 1 is 1.12 bits per heavy atom. The molecule has 0 radical (unpaired) electrons. The summed E-state index contributed by atoms with van der Waals surface area (Å²) in [5.41, 5.74) is 2.68. The highest BCUT2D eigenvalue weighted by Gasteiger charge is 2.44. The first kappa shape index (κ1) is 15.9. The van der Waals surface area contributed by atoms with Gasteiger partial charge in [0.25, 0.3) is 0 Å². The number of fused-ring (bicyclic) bond motifs is 5. The summed E-state index contributed by atoms with van der Waals surface area (Å²) in [6, 6.07) is 11.7. The van der Waals surface area contributed by atoms with Gasteiger partial charge in [0.05, 0.1) is 24.3 Å². The van der Waals surface area contributed by atoms with Crippen molar-refractivity contribution in [3.05, 3.63) is 47.4 Å². The molecule has 0 spiro atoms. The van der Waals surface area contributed by atoms with Gasteiger partial charge in [-0.1, -0.05) is 50.1 Å². The Morgan fingerprint density at radius 3 is 2.73 bits per heavy atom. The van der Waals surface area contributed by atoms with E-state index in [1.165, 1.54) is 48.6 Å². The summed E-state index contributed by atoms with van der Waals surface area (Å²) in [4.78, 5) is 15.0. The molecule has 2 aliphatic heterocycles. The molecule has 5 nitrogen and oxygen atoms in total. The zero-order valence-corrected chi connectivity index (χ0v) is 15.7. The van der Waals surface area contributed by atoms with Crippen molar-refractivity contribution < 1.29 is 0 Å². The first-order chi connectivity index (χ1) is 12.8. The number of hydrogen-bond acceptors (Lipinski definition) is 4. The molecule has 1 aromatic carbocycles. The number of rotatable bonds is 3. The zero-order valence-electron chi connectivity index (χ0n) is 15.7. The van der Waals surface area contributed by atoms with E-state index in [1.54, 1.807) is 0 Å². The van der Waals surface area contributed by atoms with Crippen LogP contribution in [0.1, 0.15) is 49.7 Å². The lowest BCUT2D eigenvalue weighted by atomic mass is 9.90. The highest BCUT2D eigenvalue weighted by atomic mass is 15.5. The lowest BCUT2D eigenvalue weighted by Crippen LogP contribution is -2.50. The van der Waals surface area contributed by atoms with Crippen LogP contribution < -0.4 is 4.90 Å². The van der Waals surface area contributed by atoms with Crippen molar-refractivity contribution in [2.24, 2.45) is 4.99 Å². The summed E-state index contributed by atoms with van der Waals surface area (Å²) in [6.07, 6.45) is 6.03. The van der Waals surface area contributed by atoms with E-state index in [1.807, 2.05) is 0 Å². The van der Waals surface area contributed by atoms with Crippen LogP contribution in [-0.2, 0) is 19.5 Å². The molecule has 2 aromatic rings. The number of benzene rings is 1. The molecule has 1 aliphatic carbocycles. The van der Waals surface area contributed by atoms with Crippen LogP contribution in [-0.4, -0.2) is 39.5 Å². The largest absolute Gasteiger partial charge is 0.340 e. The Balaban J connectivity index is 1.58. The average Bonchev–Trinajstić information content (AvgIpc) is 3.22. The number of imidazole rings is 1. The lowest BCUT2D eigenvalue weighted by molar-refractivity contribution is 0.397. The second-order valence-electron chi connectivity index (χ2n) is 7.80. The number of aromatic nitrogens is 2. The van der Waals surface area contributed by atoms with E-state index in [9.17, 15) is 0 Å². The fourth-order valence-electron chi connectivity index (χ4n) is 4.83. The SMILES string of the molecule is CCc1nc2c(n1Cc1ccccc1)CN(C)C1=N[C@@H]3CCCC[C@@H]3N12. The molecule has 3 aliphatic rings. The van der Waals surface area contributed by atoms with Gasteiger partial charge in [0.2, 0.25) is 5.96 Å². The summed E-state index contributed by atoms with van der Waals surface area (Å²) in [7, 11) is 2.18. The molecule has 136 valence electrons. The summed E-state index contributed by atoms with van der Waals surface area (Å²) in [5.74, 6) is 3.50. The summed E-state index contributed by atoms with van der Waals surface area (Å²) < 4.78 is 2.44. The van der Waals surface area contributed by atoms with Crippen LogP contribution >= 0.6 is 0 Å². The Morgan fingerprint density at radius 2 is 1.92 bits per heavy atom. The predicted octanol–water partition coefficient (Wildman–Crippen LogP) is 3.43. The van der Waals surface area contributed by atoms with E-state index in [2.05, 4.69) is 58.7 Å². The van der Waals surface area contributed by atoms with Gasteiger partial charge in [0.1, 0.15) is 5.82 Å². The predicted molar refractivity (Wildman–Crippen MR) is 105 cm³/mol. The molecule has 0 N–H and O–H groups in total. The molecule has 26 heavy (non-hydrogen) atoms. The lowest BCUT2D eigenvalue weighted by Gasteiger charge is -2.38. The molecule has 5 heteroatoms. The first-order valence-electron chi connectivity index (χ1n) is 9.96. The monoisotopic (exact) mass is 349 g/mol. The van der Waals surface area contributed by atoms with Crippen LogP contribution in [0.2, 0.25) is 0 Å². The van der Waals surface area contributed by atoms with Crippen molar-refractivity contribution in [2.75, 3.05) is 11.9 Å². The summed E-state index contributed by atoms with van der Waals surface area (Å²) in [6.45, 7) is 4.00. The minimum atomic E-state index is 0.455. The molecule has 2 atom stereocenters. The molecule has 1 aromatic heterocycles. The Labute approximate surface area is 155 Å². The Kier molecular flexibility index (Phi) is 3.76. The number of aryl methyl sites for hydroxylation is 1. The smallest absolute Gasteiger partial charge is 0.203 e. The van der Waals surface area contributed by atoms with E-state index in [0.717, 1.165) is 25.5 Å². The average molecular weight is 349 g/mol. The fraction of sp³-hybridized carbons (Fsp3) is 0.524. The van der Waals surface area contributed by atoms with Crippen LogP contribution in [0.4, 0.5) is 5.82 Å². The minimum absolute atomic E-state index is 0.455. The molecular weight excluding hydrogens is 322 g/mol. The molecular formula is C21H27N5. The van der Waals surface area contributed by atoms with Gasteiger partial charge >= 0.3 is 0 Å². The van der Waals surface area contributed by atoms with Gasteiger partial charge in [0, 0.05) is 20.0 Å². The van der Waals surface area contributed by atoms with Crippen LogP contribution in [0, 0.1) is 0 Å². The number of nitrogens with zero attached hydrogens (tertiary/aromatic N) is 5. The van der Waals surface area contributed by atoms with E-state index in [4.69, 9.17) is 9.98 Å². The van der Waals surface area contributed by atoms with Gasteiger partial charge < -0.3 is 9.47 Å². The maximum atomic E-state index is 5.11. The maximum absolute atomic E-state index is 5.11. The summed E-state index contributed by atoms with van der Waals surface area (Å²) in [5, 5.41) is 0. The van der Waals surface area contributed by atoms with Gasteiger partial charge in [-0.2, -0.15) is 0 Å². The van der Waals surface area contributed by atoms with Gasteiger partial charge in [-0.25, -0.2) is 9.98 Å². The van der Waals surface area contributed by atoms with E-state index < -0.39 is 0 Å². The quantitative estimate of drug-likeness (QED) is 0.852. The molecule has 0 saturated heterocycles. The normalized spacial score (nSPS) is 24.2. The van der Waals surface area contributed by atoms with Crippen LogP contribution in [0.5, 0.6) is 0 Å². The Hall–Kier alpha value is -2.30. The van der Waals surface area contributed by atoms with Gasteiger partial charge in [-0.3, -0.25) is 4.90 Å². The van der Waals surface area contributed by atoms with Crippen LogP contribution in [0.25, 0.3) is 0 Å². The van der Waals surface area contributed by atoms with Crippen molar-refractivity contribution >= 4 is 11.8 Å². The number of aliphatic imine (C=N–C) groups is 1. The third-order valence-electron chi connectivity index (χ3n) is 6.11. The third-order valence-corrected chi connectivity index (χ3v) is 6.11. The second-order valence-corrected chi connectivity index (χ2v) is 7.80. The molecule has 3 heterocycles. The highest BCUT2D eigenvalue weighted by Crippen LogP contribution is 2.39. The topological polar surface area (TPSA) is 36.7 Å². The van der Waals surface area contributed by atoms with Crippen molar-refractivity contribution in [3.63, 3.8) is 0 Å². The van der Waals surface area contributed by atoms with Gasteiger partial charge in [-0.15, -0.1) is 0 Å². The van der Waals surface area contributed by atoms with Gasteiger partial charge in [-0.05, 0) is 18.4 Å². The zero-order chi connectivity index (χ0) is 17.7. The molecule has 5 rings (SSSR count). The van der Waals surface area contributed by atoms with Crippen LogP contribution in [0.15, 0.2) is 35.3 Å². The van der Waals surface area contributed by atoms with Crippen LogP contribution in [0.3, 0.4) is 0 Å². The van der Waals surface area contributed by atoms with Gasteiger partial charge in [0.15, 0.2) is 5.82 Å². The van der Waals surface area contributed by atoms with E-state index in [-0.39, 0.29) is 0 Å².